The van der Waals surface area contributed by atoms with Crippen LogP contribution < -0.4 is 5.32 Å². The molecule has 0 spiro atoms. The van der Waals surface area contributed by atoms with Crippen LogP contribution in [0.15, 0.2) is 57.8 Å². The monoisotopic (exact) mass is 489 g/mol. The number of benzene rings is 2. The molecule has 0 atom stereocenters. The van der Waals surface area contributed by atoms with Gasteiger partial charge in [0.2, 0.25) is 5.91 Å². The number of aromatic amines is 1. The summed E-state index contributed by atoms with van der Waals surface area (Å²) in [5, 5.41) is 10.8. The van der Waals surface area contributed by atoms with Gasteiger partial charge in [0.15, 0.2) is 5.84 Å². The number of H-pyrrole nitrogens is 1. The first-order valence-corrected chi connectivity index (χ1v) is 13.6. The molecule has 1 aromatic heterocycles. The van der Waals surface area contributed by atoms with Crippen molar-refractivity contribution in [2.45, 2.75) is 43.4 Å². The van der Waals surface area contributed by atoms with Crippen molar-refractivity contribution >= 4 is 27.5 Å². The van der Waals surface area contributed by atoms with Gasteiger partial charge in [0.1, 0.15) is 4.90 Å². The van der Waals surface area contributed by atoms with Gasteiger partial charge in [-0.2, -0.15) is 13.5 Å². The number of amides is 1. The van der Waals surface area contributed by atoms with E-state index in [0.717, 1.165) is 29.8 Å². The maximum Gasteiger partial charge on any atom is 0.285 e. The molecule has 3 aromatic rings. The van der Waals surface area contributed by atoms with Gasteiger partial charge < -0.3 is 10.2 Å². The highest BCUT2D eigenvalue weighted by atomic mass is 32.2. The van der Waals surface area contributed by atoms with Gasteiger partial charge in [-0.1, -0.05) is 24.3 Å². The highest BCUT2D eigenvalue weighted by Gasteiger charge is 2.34. The predicted octanol–water partition coefficient (Wildman–Crippen LogP) is 3.76. The number of piperidine rings is 1. The molecule has 2 aliphatic heterocycles. The number of hydrogen-bond acceptors (Lipinski definition) is 5. The van der Waals surface area contributed by atoms with Gasteiger partial charge in [0.05, 0.1) is 5.69 Å². The maximum atomic E-state index is 13.0. The molecule has 8 nitrogen and oxygen atoms in total. The number of anilines is 1. The molecule has 1 fully saturated rings. The average Bonchev–Trinajstić information content (AvgIpc) is 3.43. The molecular weight excluding hydrogens is 462 g/mol. The summed E-state index contributed by atoms with van der Waals surface area (Å²) in [5.41, 5.74) is 5.93. The fraction of sp³-hybridized carbons (Fsp3) is 0.346. The van der Waals surface area contributed by atoms with Crippen molar-refractivity contribution in [2.24, 2.45) is 10.3 Å². The molecule has 0 bridgehead atoms. The van der Waals surface area contributed by atoms with Crippen LogP contribution in [0, 0.1) is 5.92 Å². The minimum absolute atomic E-state index is 0.00719. The Balaban J connectivity index is 1.12. The third-order valence-corrected chi connectivity index (χ3v) is 8.56. The summed E-state index contributed by atoms with van der Waals surface area (Å²) in [7, 11) is -3.64. The van der Waals surface area contributed by atoms with Crippen molar-refractivity contribution in [3.05, 3.63) is 65.4 Å². The van der Waals surface area contributed by atoms with Crippen LogP contribution in [0.2, 0.25) is 0 Å². The second-order valence-electron chi connectivity index (χ2n) is 9.45. The second-order valence-corrected chi connectivity index (χ2v) is 11.0. The Kier molecular flexibility index (Phi) is 5.44. The van der Waals surface area contributed by atoms with E-state index < -0.39 is 10.0 Å². The number of likely N-dealkylation sites (tertiary alicyclic amines) is 1. The first-order valence-electron chi connectivity index (χ1n) is 12.2. The molecule has 2 aromatic carbocycles. The van der Waals surface area contributed by atoms with Crippen LogP contribution >= 0.6 is 0 Å². The van der Waals surface area contributed by atoms with E-state index in [1.165, 1.54) is 24.1 Å². The Bertz CT molecular complexity index is 1430. The molecule has 0 radical (unpaired) electrons. The maximum absolute atomic E-state index is 13.0. The van der Waals surface area contributed by atoms with Crippen molar-refractivity contribution in [1.29, 1.82) is 0 Å². The van der Waals surface area contributed by atoms with Gasteiger partial charge in [-0.3, -0.25) is 9.89 Å². The average molecular weight is 490 g/mol. The number of hydrogen-bond donors (Lipinski definition) is 2. The molecule has 0 saturated carbocycles. The van der Waals surface area contributed by atoms with E-state index in [0.29, 0.717) is 37.3 Å². The van der Waals surface area contributed by atoms with Gasteiger partial charge in [-0.25, -0.2) is 0 Å². The summed E-state index contributed by atoms with van der Waals surface area (Å²) < 4.78 is 28.8. The van der Waals surface area contributed by atoms with Gasteiger partial charge in [-0.05, 0) is 62.8 Å². The number of sulfonamides is 1. The van der Waals surface area contributed by atoms with Crippen molar-refractivity contribution in [1.82, 2.24) is 15.1 Å². The Labute approximate surface area is 204 Å². The lowest BCUT2D eigenvalue weighted by Gasteiger charge is -2.32. The van der Waals surface area contributed by atoms with Crippen LogP contribution in [0.5, 0.6) is 0 Å². The summed E-state index contributed by atoms with van der Waals surface area (Å²) >= 11 is 0. The van der Waals surface area contributed by atoms with E-state index in [-0.39, 0.29) is 16.7 Å². The SMILES string of the molecule is O=C(Nc1cccc(-c2n[nH]c3c2CCCC3)c1)C1CCN(C2=NS(=O)(=O)c3ccccc32)CC1. The first-order chi connectivity index (χ1) is 17.0. The summed E-state index contributed by atoms with van der Waals surface area (Å²) in [4.78, 5) is 15.3. The molecule has 1 amide bonds. The lowest BCUT2D eigenvalue weighted by Crippen LogP contribution is -2.41. The number of nitrogens with zero attached hydrogens (tertiary/aromatic N) is 3. The number of amidine groups is 1. The molecule has 1 aliphatic carbocycles. The lowest BCUT2D eigenvalue weighted by molar-refractivity contribution is -0.120. The highest BCUT2D eigenvalue weighted by Crippen LogP contribution is 2.32. The summed E-state index contributed by atoms with van der Waals surface area (Å²) in [6.07, 6.45) is 5.73. The standard InChI is InChI=1S/C26H27N5O3S/c32-26(27-19-7-5-6-18(16-19)24-20-8-1-3-10-22(20)28-29-24)17-12-14-31(15-13-17)25-21-9-2-4-11-23(21)35(33,34)30-25/h2,4-7,9,11,16-17H,1,3,8,10,12-15H2,(H,27,32)(H,28,29). The second kappa shape index (κ2) is 8.64. The number of aromatic nitrogens is 2. The van der Waals surface area contributed by atoms with E-state index in [2.05, 4.69) is 19.9 Å². The molecule has 35 heavy (non-hydrogen) atoms. The quantitative estimate of drug-likeness (QED) is 0.583. The third kappa shape index (κ3) is 4.03. The minimum atomic E-state index is -3.64. The molecule has 9 heteroatoms. The first kappa shape index (κ1) is 22.0. The number of carbonyl (C=O) groups excluding carboxylic acids is 1. The fourth-order valence-corrected chi connectivity index (χ4v) is 6.61. The molecule has 2 N–H and O–H groups in total. The van der Waals surface area contributed by atoms with Crippen molar-refractivity contribution in [3.63, 3.8) is 0 Å². The van der Waals surface area contributed by atoms with E-state index in [9.17, 15) is 13.2 Å². The molecule has 3 heterocycles. The van der Waals surface area contributed by atoms with E-state index >= 15 is 0 Å². The van der Waals surface area contributed by atoms with Gasteiger partial charge in [0.25, 0.3) is 10.0 Å². The van der Waals surface area contributed by atoms with E-state index in [1.54, 1.807) is 18.2 Å². The molecule has 3 aliphatic rings. The largest absolute Gasteiger partial charge is 0.355 e. The zero-order valence-corrected chi connectivity index (χ0v) is 20.1. The van der Waals surface area contributed by atoms with E-state index in [1.807, 2.05) is 35.2 Å². The van der Waals surface area contributed by atoms with Crippen LogP contribution in [0.1, 0.15) is 42.5 Å². The minimum Gasteiger partial charge on any atom is -0.355 e. The fourth-order valence-electron chi connectivity index (χ4n) is 5.38. The van der Waals surface area contributed by atoms with Crippen LogP contribution in [-0.4, -0.2) is 48.3 Å². The Morgan fingerprint density at radius 2 is 1.83 bits per heavy atom. The Hall–Kier alpha value is -3.46. The zero-order valence-electron chi connectivity index (χ0n) is 19.3. The molecule has 1 saturated heterocycles. The predicted molar refractivity (Wildman–Crippen MR) is 134 cm³/mol. The smallest absolute Gasteiger partial charge is 0.285 e. The van der Waals surface area contributed by atoms with E-state index in [4.69, 9.17) is 0 Å². The third-order valence-electron chi connectivity index (χ3n) is 7.24. The van der Waals surface area contributed by atoms with Crippen molar-refractivity contribution < 1.29 is 13.2 Å². The normalized spacial score (nSPS) is 19.1. The van der Waals surface area contributed by atoms with Gasteiger partial charge in [0, 0.05) is 47.1 Å². The Morgan fingerprint density at radius 3 is 2.69 bits per heavy atom. The van der Waals surface area contributed by atoms with Gasteiger partial charge >= 0.3 is 0 Å². The molecular formula is C26H27N5O3S. The summed E-state index contributed by atoms with van der Waals surface area (Å²) in [6, 6.07) is 14.8. The van der Waals surface area contributed by atoms with Crippen LogP contribution in [-0.2, 0) is 27.7 Å². The van der Waals surface area contributed by atoms with Crippen LogP contribution in [0.4, 0.5) is 5.69 Å². The molecule has 6 rings (SSSR count). The number of aryl methyl sites for hydroxylation is 1. The lowest BCUT2D eigenvalue weighted by atomic mass is 9.93. The molecule has 0 unspecified atom stereocenters. The molecule has 180 valence electrons. The number of rotatable bonds is 3. The highest BCUT2D eigenvalue weighted by molar-refractivity contribution is 7.90. The zero-order chi connectivity index (χ0) is 24.0. The van der Waals surface area contributed by atoms with Crippen molar-refractivity contribution in [3.8, 4) is 11.3 Å². The topological polar surface area (TPSA) is 108 Å². The van der Waals surface area contributed by atoms with Gasteiger partial charge in [-0.15, -0.1) is 4.40 Å². The van der Waals surface area contributed by atoms with Crippen molar-refractivity contribution in [2.75, 3.05) is 18.4 Å². The summed E-state index contributed by atoms with van der Waals surface area (Å²) in [5.74, 6) is 0.351. The van der Waals surface area contributed by atoms with Crippen LogP contribution in [0.25, 0.3) is 11.3 Å². The number of nitrogens with one attached hydrogen (secondary N) is 2. The van der Waals surface area contributed by atoms with Crippen LogP contribution in [0.3, 0.4) is 0 Å². The summed E-state index contributed by atoms with van der Waals surface area (Å²) in [6.45, 7) is 1.17. The number of carbonyl (C=O) groups is 1. The Morgan fingerprint density at radius 1 is 1.03 bits per heavy atom. The number of fused-ring (bicyclic) bond motifs is 2.